The molecular formula is C12H21ClN2O3S. The van der Waals surface area contributed by atoms with Crippen molar-refractivity contribution in [1.29, 1.82) is 0 Å². The van der Waals surface area contributed by atoms with Crippen LogP contribution >= 0.6 is 11.6 Å². The number of rotatable bonds is 7. The van der Waals surface area contributed by atoms with E-state index in [1.807, 2.05) is 13.8 Å². The van der Waals surface area contributed by atoms with Gasteiger partial charge in [-0.3, -0.25) is 0 Å². The normalized spacial score (nSPS) is 12.6. The summed E-state index contributed by atoms with van der Waals surface area (Å²) in [6.07, 6.45) is 1.59. The van der Waals surface area contributed by atoms with Crippen molar-refractivity contribution in [2.24, 2.45) is 7.05 Å². The number of nitrogens with zero attached hydrogens (tertiary/aromatic N) is 2. The second-order valence-electron chi connectivity index (χ2n) is 4.61. The molecule has 0 aliphatic carbocycles. The number of methoxy groups -OCH3 is 1. The fourth-order valence-electron chi connectivity index (χ4n) is 1.82. The minimum Gasteiger partial charge on any atom is -0.383 e. The molecule has 0 bridgehead atoms. The Balaban J connectivity index is 3.11. The van der Waals surface area contributed by atoms with Gasteiger partial charge < -0.3 is 9.30 Å². The van der Waals surface area contributed by atoms with Crippen LogP contribution in [0, 0.1) is 0 Å². The molecule has 0 amide bonds. The first-order chi connectivity index (χ1) is 8.84. The average Bonchev–Trinajstić information content (AvgIpc) is 2.71. The second kappa shape index (κ2) is 6.74. The maximum Gasteiger partial charge on any atom is 0.244 e. The summed E-state index contributed by atoms with van der Waals surface area (Å²) in [7, 11) is -0.172. The van der Waals surface area contributed by atoms with Gasteiger partial charge >= 0.3 is 0 Å². The highest BCUT2D eigenvalue weighted by Gasteiger charge is 2.28. The molecule has 5 nitrogen and oxygen atoms in total. The molecule has 0 aliphatic rings. The van der Waals surface area contributed by atoms with Crippen molar-refractivity contribution in [2.45, 2.75) is 30.7 Å². The van der Waals surface area contributed by atoms with Gasteiger partial charge in [-0.05, 0) is 19.9 Å². The van der Waals surface area contributed by atoms with E-state index in [2.05, 4.69) is 0 Å². The van der Waals surface area contributed by atoms with E-state index in [0.717, 1.165) is 5.69 Å². The number of aromatic nitrogens is 1. The van der Waals surface area contributed by atoms with Gasteiger partial charge in [0, 0.05) is 38.6 Å². The molecule has 110 valence electrons. The van der Waals surface area contributed by atoms with Crippen molar-refractivity contribution >= 4 is 21.6 Å². The molecule has 0 N–H and O–H groups in total. The summed E-state index contributed by atoms with van der Waals surface area (Å²) in [6.45, 7) is 4.39. The highest BCUT2D eigenvalue weighted by molar-refractivity contribution is 7.89. The summed E-state index contributed by atoms with van der Waals surface area (Å²) in [6, 6.07) is 1.49. The predicted molar refractivity (Wildman–Crippen MR) is 75.9 cm³/mol. The van der Waals surface area contributed by atoms with Crippen molar-refractivity contribution in [1.82, 2.24) is 8.87 Å². The van der Waals surface area contributed by atoms with E-state index >= 15 is 0 Å². The second-order valence-corrected chi connectivity index (χ2v) is 6.77. The van der Waals surface area contributed by atoms with Crippen LogP contribution in [0.1, 0.15) is 19.5 Å². The molecule has 1 heterocycles. The van der Waals surface area contributed by atoms with Gasteiger partial charge in [-0.25, -0.2) is 8.42 Å². The predicted octanol–water partition coefficient (Wildman–Crippen LogP) is 1.81. The highest BCUT2D eigenvalue weighted by Crippen LogP contribution is 2.21. The molecule has 1 aromatic heterocycles. The number of hydrogen-bond donors (Lipinski definition) is 0. The van der Waals surface area contributed by atoms with E-state index in [-0.39, 0.29) is 16.8 Å². The molecule has 0 aliphatic heterocycles. The van der Waals surface area contributed by atoms with Gasteiger partial charge in [-0.1, -0.05) is 0 Å². The van der Waals surface area contributed by atoms with Crippen molar-refractivity contribution in [3.8, 4) is 0 Å². The van der Waals surface area contributed by atoms with Crippen molar-refractivity contribution in [3.63, 3.8) is 0 Å². The Labute approximate surface area is 120 Å². The minimum atomic E-state index is -3.51. The van der Waals surface area contributed by atoms with Crippen LogP contribution in [0.2, 0.25) is 0 Å². The molecule has 1 rings (SSSR count). The summed E-state index contributed by atoms with van der Waals surface area (Å²) >= 11 is 5.77. The Kier molecular flexibility index (Phi) is 5.85. The molecule has 19 heavy (non-hydrogen) atoms. The number of sulfonamides is 1. The first kappa shape index (κ1) is 16.5. The van der Waals surface area contributed by atoms with Gasteiger partial charge in [-0.2, -0.15) is 4.31 Å². The van der Waals surface area contributed by atoms with E-state index in [9.17, 15) is 8.42 Å². The molecule has 0 atom stereocenters. The lowest BCUT2D eigenvalue weighted by molar-refractivity contribution is 0.171. The molecule has 7 heteroatoms. The van der Waals surface area contributed by atoms with Crippen LogP contribution in [0.4, 0.5) is 0 Å². The lowest BCUT2D eigenvalue weighted by Crippen LogP contribution is -2.39. The standard InChI is InChI=1S/C12H21ClN2O3S/c1-10(2)15(5-6-18-4)19(16,17)12-7-11(8-13)14(3)9-12/h7,9-10H,5-6,8H2,1-4H3. The maximum atomic E-state index is 12.6. The third kappa shape index (κ3) is 3.72. The van der Waals surface area contributed by atoms with Gasteiger partial charge in [-0.15, -0.1) is 11.6 Å². The Bertz CT molecular complexity index is 511. The number of ether oxygens (including phenoxy) is 1. The van der Waals surface area contributed by atoms with Crippen LogP contribution in [0.15, 0.2) is 17.2 Å². The molecule has 0 spiro atoms. The van der Waals surface area contributed by atoms with Crippen LogP contribution in [0.3, 0.4) is 0 Å². The maximum absolute atomic E-state index is 12.6. The van der Waals surface area contributed by atoms with E-state index in [0.29, 0.717) is 13.2 Å². The number of aryl methyl sites for hydroxylation is 1. The Morgan fingerprint density at radius 1 is 1.47 bits per heavy atom. The summed E-state index contributed by atoms with van der Waals surface area (Å²) in [5, 5.41) is 0. The molecule has 1 aromatic rings. The third-order valence-electron chi connectivity index (χ3n) is 2.92. The van der Waals surface area contributed by atoms with Crippen LogP contribution in [0.25, 0.3) is 0 Å². The summed E-state index contributed by atoms with van der Waals surface area (Å²) in [4.78, 5) is 0.274. The Hall–Kier alpha value is -0.560. The first-order valence-corrected chi connectivity index (χ1v) is 8.04. The van der Waals surface area contributed by atoms with E-state index in [1.54, 1.807) is 31.0 Å². The van der Waals surface area contributed by atoms with Gasteiger partial charge in [0.05, 0.1) is 12.5 Å². The van der Waals surface area contributed by atoms with Crippen molar-refractivity contribution in [2.75, 3.05) is 20.3 Å². The fraction of sp³-hybridized carbons (Fsp3) is 0.667. The number of alkyl halides is 1. The minimum absolute atomic E-state index is 0.125. The highest BCUT2D eigenvalue weighted by atomic mass is 35.5. The molecule has 0 fully saturated rings. The van der Waals surface area contributed by atoms with Gasteiger partial charge in [0.2, 0.25) is 10.0 Å². The van der Waals surface area contributed by atoms with Gasteiger partial charge in [0.15, 0.2) is 0 Å². The topological polar surface area (TPSA) is 51.5 Å². The SMILES string of the molecule is COCCN(C(C)C)S(=O)(=O)c1cc(CCl)n(C)c1. The summed E-state index contributed by atoms with van der Waals surface area (Å²) in [5.41, 5.74) is 0.774. The van der Waals surface area contributed by atoms with Crippen molar-refractivity contribution < 1.29 is 13.2 Å². The summed E-state index contributed by atoms with van der Waals surface area (Å²) < 4.78 is 33.3. The molecular weight excluding hydrogens is 288 g/mol. The largest absolute Gasteiger partial charge is 0.383 e. The summed E-state index contributed by atoms with van der Waals surface area (Å²) in [5.74, 6) is 0.284. The zero-order valence-corrected chi connectivity index (χ0v) is 13.3. The average molecular weight is 309 g/mol. The molecule has 0 saturated carbocycles. The lowest BCUT2D eigenvalue weighted by Gasteiger charge is -2.24. The van der Waals surface area contributed by atoms with Crippen LogP contribution in [0.5, 0.6) is 0 Å². The lowest BCUT2D eigenvalue weighted by atomic mass is 10.4. The van der Waals surface area contributed by atoms with Crippen LogP contribution in [-0.2, 0) is 27.7 Å². The first-order valence-electron chi connectivity index (χ1n) is 6.06. The molecule has 0 unspecified atom stereocenters. The zero-order chi connectivity index (χ0) is 14.6. The molecule has 0 aromatic carbocycles. The smallest absolute Gasteiger partial charge is 0.244 e. The monoisotopic (exact) mass is 308 g/mol. The number of halogens is 1. The van der Waals surface area contributed by atoms with Crippen LogP contribution < -0.4 is 0 Å². The van der Waals surface area contributed by atoms with E-state index < -0.39 is 10.0 Å². The van der Waals surface area contributed by atoms with E-state index in [4.69, 9.17) is 16.3 Å². The van der Waals surface area contributed by atoms with Crippen molar-refractivity contribution in [3.05, 3.63) is 18.0 Å². The number of hydrogen-bond acceptors (Lipinski definition) is 3. The van der Waals surface area contributed by atoms with Crippen LogP contribution in [-0.4, -0.2) is 43.6 Å². The van der Waals surface area contributed by atoms with Gasteiger partial charge in [0.25, 0.3) is 0 Å². The Morgan fingerprint density at radius 2 is 2.11 bits per heavy atom. The van der Waals surface area contributed by atoms with Gasteiger partial charge in [0.1, 0.15) is 4.90 Å². The molecule has 0 saturated heterocycles. The Morgan fingerprint density at radius 3 is 2.53 bits per heavy atom. The quantitative estimate of drug-likeness (QED) is 0.722. The fourth-order valence-corrected chi connectivity index (χ4v) is 3.81. The third-order valence-corrected chi connectivity index (χ3v) is 5.23. The molecule has 0 radical (unpaired) electrons. The zero-order valence-electron chi connectivity index (χ0n) is 11.8. The van der Waals surface area contributed by atoms with E-state index in [1.165, 1.54) is 4.31 Å².